The second-order valence-corrected chi connectivity index (χ2v) is 7.12. The van der Waals surface area contributed by atoms with Gasteiger partial charge in [0.1, 0.15) is 17.0 Å². The molecule has 0 unspecified atom stereocenters. The van der Waals surface area contributed by atoms with E-state index in [9.17, 15) is 4.79 Å². The van der Waals surface area contributed by atoms with E-state index in [1.54, 1.807) is 35.4 Å². The summed E-state index contributed by atoms with van der Waals surface area (Å²) in [7, 11) is 3.11. The Bertz CT molecular complexity index is 1070. The second kappa shape index (κ2) is 7.27. The van der Waals surface area contributed by atoms with Crippen LogP contribution in [0.3, 0.4) is 0 Å². The van der Waals surface area contributed by atoms with Gasteiger partial charge in [0.15, 0.2) is 5.82 Å². The highest BCUT2D eigenvalue weighted by atomic mass is 35.5. The van der Waals surface area contributed by atoms with Crippen molar-refractivity contribution in [2.75, 3.05) is 14.2 Å². The van der Waals surface area contributed by atoms with Crippen molar-refractivity contribution in [1.82, 2.24) is 14.2 Å². The molecule has 3 rings (SSSR count). The molecule has 3 aromatic rings. The third-order valence-corrected chi connectivity index (χ3v) is 5.03. The van der Waals surface area contributed by atoms with Crippen LogP contribution in [0.25, 0.3) is 16.9 Å². The maximum Gasteiger partial charge on any atom is 0.278 e. The monoisotopic (exact) mass is 389 g/mol. The molecule has 1 aromatic carbocycles. The molecule has 0 aliphatic rings. The third kappa shape index (κ3) is 3.08. The minimum Gasteiger partial charge on any atom is -0.496 e. The lowest BCUT2D eigenvalue weighted by Gasteiger charge is -2.16. The van der Waals surface area contributed by atoms with Crippen LogP contribution in [0, 0.1) is 6.92 Å². The van der Waals surface area contributed by atoms with E-state index in [-0.39, 0.29) is 11.5 Å². The van der Waals surface area contributed by atoms with Crippen molar-refractivity contribution in [2.45, 2.75) is 40.2 Å². The number of hydrogen-bond donors (Lipinski definition) is 0. The number of aromatic nitrogens is 3. The molecule has 6 nitrogen and oxygen atoms in total. The van der Waals surface area contributed by atoms with Crippen LogP contribution < -0.4 is 15.0 Å². The quantitative estimate of drug-likeness (QED) is 0.653. The zero-order chi connectivity index (χ0) is 19.9. The van der Waals surface area contributed by atoms with E-state index < -0.39 is 0 Å². The molecule has 0 amide bonds. The molecule has 0 bridgehead atoms. The Morgan fingerprint density at radius 3 is 2.37 bits per heavy atom. The summed E-state index contributed by atoms with van der Waals surface area (Å²) >= 11 is 6.34. The molecule has 0 N–H and O–H groups in total. The molecule has 2 heterocycles. The van der Waals surface area contributed by atoms with Crippen molar-refractivity contribution in [3.63, 3.8) is 0 Å². The van der Waals surface area contributed by atoms with Gasteiger partial charge in [-0.3, -0.25) is 9.36 Å². The zero-order valence-corrected chi connectivity index (χ0v) is 17.2. The summed E-state index contributed by atoms with van der Waals surface area (Å²) in [4.78, 5) is 13.3. The van der Waals surface area contributed by atoms with Gasteiger partial charge in [-0.25, -0.2) is 4.52 Å². The highest BCUT2D eigenvalue weighted by Gasteiger charge is 2.22. The number of nitrogens with zero attached hydrogens (tertiary/aromatic N) is 3. The molecule has 0 saturated carbocycles. The SMILES string of the molecule is CCn1c(-c2cc(Cl)c(OC)cc2OC)nn2c(C)cc(C(C)C)c2c1=O. The first-order valence-electron chi connectivity index (χ1n) is 8.88. The first-order valence-corrected chi connectivity index (χ1v) is 9.26. The first kappa shape index (κ1) is 19.3. The van der Waals surface area contributed by atoms with E-state index in [0.717, 1.165) is 11.3 Å². The van der Waals surface area contributed by atoms with Crippen molar-refractivity contribution in [1.29, 1.82) is 0 Å². The standard InChI is InChI=1S/C20H24ClN3O3/c1-7-23-19(14-9-15(21)17(27-6)10-16(14)26-5)22-24-12(4)8-13(11(2)3)18(24)20(23)25/h8-11H,7H2,1-6H3. The van der Waals surface area contributed by atoms with Crippen LogP contribution in [0.1, 0.15) is 37.9 Å². The maximum absolute atomic E-state index is 13.3. The normalized spacial score (nSPS) is 11.4. The highest BCUT2D eigenvalue weighted by Crippen LogP contribution is 2.37. The van der Waals surface area contributed by atoms with E-state index in [1.165, 1.54) is 0 Å². The summed E-state index contributed by atoms with van der Waals surface area (Å²) in [6.45, 7) is 8.50. The van der Waals surface area contributed by atoms with Crippen LogP contribution in [0.4, 0.5) is 0 Å². The average molecular weight is 390 g/mol. The van der Waals surface area contributed by atoms with Crippen LogP contribution in [0.5, 0.6) is 11.5 Å². The Balaban J connectivity index is 2.41. The summed E-state index contributed by atoms with van der Waals surface area (Å²) in [5.74, 6) is 1.77. The number of benzene rings is 1. The van der Waals surface area contributed by atoms with E-state index >= 15 is 0 Å². The fourth-order valence-corrected chi connectivity index (χ4v) is 3.58. The Morgan fingerprint density at radius 2 is 1.81 bits per heavy atom. The predicted molar refractivity (Wildman–Crippen MR) is 108 cm³/mol. The Morgan fingerprint density at radius 1 is 1.15 bits per heavy atom. The van der Waals surface area contributed by atoms with Gasteiger partial charge in [-0.05, 0) is 37.5 Å². The van der Waals surface area contributed by atoms with Crippen molar-refractivity contribution < 1.29 is 9.47 Å². The molecule has 144 valence electrons. The molecule has 27 heavy (non-hydrogen) atoms. The number of aryl methyl sites for hydroxylation is 1. The Hall–Kier alpha value is -2.47. The van der Waals surface area contributed by atoms with Crippen LogP contribution in [-0.2, 0) is 6.54 Å². The van der Waals surface area contributed by atoms with Crippen LogP contribution in [0.2, 0.25) is 5.02 Å². The summed E-state index contributed by atoms with van der Waals surface area (Å²) < 4.78 is 14.2. The first-order chi connectivity index (χ1) is 12.8. The molecule has 0 saturated heterocycles. The van der Waals surface area contributed by atoms with Gasteiger partial charge in [-0.1, -0.05) is 25.4 Å². The lowest BCUT2D eigenvalue weighted by Crippen LogP contribution is -2.26. The molecule has 0 aliphatic heterocycles. The minimum atomic E-state index is -0.0757. The van der Waals surface area contributed by atoms with E-state index in [0.29, 0.717) is 40.0 Å². The molecule has 7 heteroatoms. The number of halogens is 1. The number of ether oxygens (including phenoxy) is 2. The average Bonchev–Trinajstić information content (AvgIpc) is 2.98. The van der Waals surface area contributed by atoms with Gasteiger partial charge in [-0.15, -0.1) is 5.10 Å². The van der Waals surface area contributed by atoms with Crippen LogP contribution in [0.15, 0.2) is 23.0 Å². The lowest BCUT2D eigenvalue weighted by atomic mass is 10.1. The fourth-order valence-electron chi connectivity index (χ4n) is 3.34. The molecular formula is C20H24ClN3O3. The third-order valence-electron chi connectivity index (χ3n) is 4.73. The molecule has 0 aliphatic carbocycles. The largest absolute Gasteiger partial charge is 0.496 e. The van der Waals surface area contributed by atoms with E-state index in [2.05, 4.69) is 13.8 Å². The second-order valence-electron chi connectivity index (χ2n) is 6.72. The smallest absolute Gasteiger partial charge is 0.278 e. The van der Waals surface area contributed by atoms with Crippen molar-refractivity contribution in [3.8, 4) is 22.9 Å². The number of methoxy groups -OCH3 is 2. The Kier molecular flexibility index (Phi) is 5.20. The topological polar surface area (TPSA) is 57.8 Å². The molecule has 2 aromatic heterocycles. The summed E-state index contributed by atoms with van der Waals surface area (Å²) in [5.41, 5.74) is 3.09. The minimum absolute atomic E-state index is 0.0757. The zero-order valence-electron chi connectivity index (χ0n) is 16.5. The molecule has 0 radical (unpaired) electrons. The van der Waals surface area contributed by atoms with Gasteiger partial charge >= 0.3 is 0 Å². The van der Waals surface area contributed by atoms with E-state index in [1.807, 2.05) is 19.9 Å². The highest BCUT2D eigenvalue weighted by molar-refractivity contribution is 6.32. The van der Waals surface area contributed by atoms with Crippen molar-refractivity contribution in [2.24, 2.45) is 0 Å². The Labute approximate surface area is 163 Å². The van der Waals surface area contributed by atoms with Crippen molar-refractivity contribution in [3.05, 3.63) is 44.8 Å². The fraction of sp³-hybridized carbons (Fsp3) is 0.400. The van der Waals surface area contributed by atoms with Gasteiger partial charge in [0.05, 0.1) is 24.8 Å². The van der Waals surface area contributed by atoms with Crippen LogP contribution >= 0.6 is 11.6 Å². The molecule has 0 fully saturated rings. The van der Waals surface area contributed by atoms with Gasteiger partial charge < -0.3 is 9.47 Å². The van der Waals surface area contributed by atoms with Gasteiger partial charge in [-0.2, -0.15) is 0 Å². The summed E-state index contributed by atoms with van der Waals surface area (Å²) in [6, 6.07) is 5.45. The predicted octanol–water partition coefficient (Wildman–Crippen LogP) is 4.29. The summed E-state index contributed by atoms with van der Waals surface area (Å²) in [6.07, 6.45) is 0. The lowest BCUT2D eigenvalue weighted by molar-refractivity contribution is 0.395. The van der Waals surface area contributed by atoms with Gasteiger partial charge in [0.25, 0.3) is 5.56 Å². The molecule has 0 spiro atoms. The number of hydrogen-bond acceptors (Lipinski definition) is 4. The summed E-state index contributed by atoms with van der Waals surface area (Å²) in [5, 5.41) is 5.21. The molecular weight excluding hydrogens is 366 g/mol. The maximum atomic E-state index is 13.3. The van der Waals surface area contributed by atoms with Gasteiger partial charge in [0, 0.05) is 18.3 Å². The number of rotatable bonds is 5. The molecule has 0 atom stereocenters. The van der Waals surface area contributed by atoms with Crippen LogP contribution in [-0.4, -0.2) is 28.4 Å². The van der Waals surface area contributed by atoms with E-state index in [4.69, 9.17) is 26.2 Å². The van der Waals surface area contributed by atoms with Gasteiger partial charge in [0.2, 0.25) is 0 Å². The number of fused-ring (bicyclic) bond motifs is 1. The van der Waals surface area contributed by atoms with Crippen molar-refractivity contribution >= 4 is 17.1 Å².